The molecule has 1 saturated heterocycles. The Morgan fingerprint density at radius 1 is 1.17 bits per heavy atom. The Bertz CT molecular complexity index is 927. The zero-order valence-electron chi connectivity index (χ0n) is 17.1. The van der Waals surface area contributed by atoms with Crippen LogP contribution in [0.3, 0.4) is 0 Å². The number of nitrogens with one attached hydrogen (secondary N) is 2. The molecule has 29 heavy (non-hydrogen) atoms. The Hall–Kier alpha value is -2.86. The summed E-state index contributed by atoms with van der Waals surface area (Å²) in [4.78, 5) is 20.0. The number of carbonyl (C=O) groups is 1. The van der Waals surface area contributed by atoms with Crippen LogP contribution in [0.4, 0.5) is 11.4 Å². The molecule has 152 valence electrons. The average Bonchev–Trinajstić information content (AvgIpc) is 2.74. The fourth-order valence-corrected chi connectivity index (χ4v) is 4.21. The van der Waals surface area contributed by atoms with Crippen LogP contribution in [0.25, 0.3) is 0 Å². The zero-order chi connectivity index (χ0) is 20.3. The number of fused-ring (bicyclic) bond motifs is 1. The van der Waals surface area contributed by atoms with E-state index in [9.17, 15) is 4.79 Å². The van der Waals surface area contributed by atoms with Crippen molar-refractivity contribution in [2.45, 2.75) is 25.3 Å². The molecule has 4 rings (SSSR count). The van der Waals surface area contributed by atoms with Crippen molar-refractivity contribution in [3.8, 4) is 0 Å². The number of ether oxygens (including phenoxy) is 1. The third-order valence-electron chi connectivity index (χ3n) is 5.73. The van der Waals surface area contributed by atoms with Crippen LogP contribution in [-0.2, 0) is 4.74 Å². The largest absolute Gasteiger partial charge is 0.383 e. The summed E-state index contributed by atoms with van der Waals surface area (Å²) in [5.41, 5.74) is 3.41. The fourth-order valence-electron chi connectivity index (χ4n) is 4.21. The minimum Gasteiger partial charge on any atom is -0.383 e. The highest BCUT2D eigenvalue weighted by Crippen LogP contribution is 2.36. The highest BCUT2D eigenvalue weighted by molar-refractivity contribution is 6.10. The Balaban J connectivity index is 1.65. The second-order valence-electron chi connectivity index (χ2n) is 7.75. The number of piperidine rings is 1. The number of hydrogen-bond donors (Lipinski definition) is 2. The number of amides is 1. The summed E-state index contributed by atoms with van der Waals surface area (Å²) in [6, 6.07) is 15.9. The maximum absolute atomic E-state index is 13.3. The van der Waals surface area contributed by atoms with Gasteiger partial charge in [-0.1, -0.05) is 30.3 Å². The molecule has 2 aliphatic rings. The van der Waals surface area contributed by atoms with Crippen molar-refractivity contribution >= 4 is 23.1 Å². The standard InChI is InChI=1S/C23H28N4O2/c1-17-8-3-4-9-18(17)21(28)27-14-7-12-23(16-27)22(24-13-15-29-2)25-19-10-5-6-11-20(19)26-23/h3-6,8-11,26H,7,12-16H2,1-2H3,(H,24,25)/t23-/m1/s1. The predicted octanol–water partition coefficient (Wildman–Crippen LogP) is 3.55. The van der Waals surface area contributed by atoms with Crippen LogP contribution < -0.4 is 10.6 Å². The van der Waals surface area contributed by atoms with Gasteiger partial charge in [-0.25, -0.2) is 0 Å². The first-order chi connectivity index (χ1) is 14.1. The summed E-state index contributed by atoms with van der Waals surface area (Å²) in [5, 5.41) is 7.23. The third kappa shape index (κ3) is 3.85. The summed E-state index contributed by atoms with van der Waals surface area (Å²) in [6.07, 6.45) is 1.83. The molecule has 0 bridgehead atoms. The monoisotopic (exact) mass is 392 g/mol. The Kier molecular flexibility index (Phi) is 5.53. The number of nitrogens with zero attached hydrogens (tertiary/aromatic N) is 2. The Morgan fingerprint density at radius 3 is 2.72 bits per heavy atom. The molecular formula is C23H28N4O2. The third-order valence-corrected chi connectivity index (χ3v) is 5.73. The van der Waals surface area contributed by atoms with Gasteiger partial charge in [0.05, 0.1) is 31.1 Å². The van der Waals surface area contributed by atoms with Gasteiger partial charge in [0.1, 0.15) is 11.4 Å². The lowest BCUT2D eigenvalue weighted by atomic mass is 9.84. The van der Waals surface area contributed by atoms with Crippen molar-refractivity contribution in [3.63, 3.8) is 0 Å². The minimum absolute atomic E-state index is 0.0825. The predicted molar refractivity (Wildman–Crippen MR) is 117 cm³/mol. The first-order valence-corrected chi connectivity index (χ1v) is 10.2. The van der Waals surface area contributed by atoms with Crippen LogP contribution in [0, 0.1) is 6.92 Å². The van der Waals surface area contributed by atoms with E-state index in [0.29, 0.717) is 19.7 Å². The molecule has 1 fully saturated rings. The maximum atomic E-state index is 13.3. The van der Waals surface area contributed by atoms with Crippen molar-refractivity contribution in [2.75, 3.05) is 44.0 Å². The number of aliphatic imine (C=N–C) groups is 1. The minimum atomic E-state index is -0.418. The van der Waals surface area contributed by atoms with Crippen LogP contribution in [-0.4, -0.2) is 55.5 Å². The first kappa shape index (κ1) is 19.5. The number of carbonyl (C=O) groups excluding carboxylic acids is 1. The van der Waals surface area contributed by atoms with Crippen molar-refractivity contribution in [1.82, 2.24) is 4.90 Å². The van der Waals surface area contributed by atoms with Crippen molar-refractivity contribution < 1.29 is 9.53 Å². The van der Waals surface area contributed by atoms with Crippen LogP contribution in [0.2, 0.25) is 0 Å². The lowest BCUT2D eigenvalue weighted by Crippen LogP contribution is -2.62. The molecular weight excluding hydrogens is 364 g/mol. The van der Waals surface area contributed by atoms with E-state index in [1.54, 1.807) is 7.11 Å². The average molecular weight is 393 g/mol. The van der Waals surface area contributed by atoms with E-state index >= 15 is 0 Å². The van der Waals surface area contributed by atoms with E-state index in [-0.39, 0.29) is 5.91 Å². The molecule has 2 aliphatic heterocycles. The second-order valence-corrected chi connectivity index (χ2v) is 7.75. The van der Waals surface area contributed by atoms with Crippen LogP contribution in [0.15, 0.2) is 53.5 Å². The highest BCUT2D eigenvalue weighted by Gasteiger charge is 2.44. The molecule has 0 aromatic heterocycles. The summed E-state index contributed by atoms with van der Waals surface area (Å²) in [7, 11) is 1.68. The molecule has 2 N–H and O–H groups in total. The molecule has 2 aromatic rings. The van der Waals surface area contributed by atoms with Crippen LogP contribution in [0.1, 0.15) is 28.8 Å². The number of methoxy groups -OCH3 is 1. The quantitative estimate of drug-likeness (QED) is 0.781. The number of anilines is 2. The number of para-hydroxylation sites is 2. The van der Waals surface area contributed by atoms with Gasteiger partial charge in [0.2, 0.25) is 0 Å². The molecule has 1 atom stereocenters. The van der Waals surface area contributed by atoms with Crippen molar-refractivity contribution in [1.29, 1.82) is 0 Å². The smallest absolute Gasteiger partial charge is 0.254 e. The highest BCUT2D eigenvalue weighted by atomic mass is 16.5. The number of hydrogen-bond acceptors (Lipinski definition) is 4. The van der Waals surface area contributed by atoms with E-state index in [2.05, 4.69) is 16.7 Å². The molecule has 0 saturated carbocycles. The maximum Gasteiger partial charge on any atom is 0.254 e. The van der Waals surface area contributed by atoms with Gasteiger partial charge >= 0.3 is 0 Å². The van der Waals surface area contributed by atoms with Gasteiger partial charge in [-0.2, -0.15) is 0 Å². The van der Waals surface area contributed by atoms with Gasteiger partial charge < -0.3 is 20.3 Å². The molecule has 0 radical (unpaired) electrons. The summed E-state index contributed by atoms with van der Waals surface area (Å²) >= 11 is 0. The van der Waals surface area contributed by atoms with E-state index < -0.39 is 5.54 Å². The van der Waals surface area contributed by atoms with Gasteiger partial charge in [0, 0.05) is 19.2 Å². The molecule has 1 spiro atoms. The van der Waals surface area contributed by atoms with Gasteiger partial charge in [-0.15, -0.1) is 0 Å². The van der Waals surface area contributed by atoms with Crippen LogP contribution >= 0.6 is 0 Å². The lowest BCUT2D eigenvalue weighted by Gasteiger charge is -2.47. The Morgan fingerprint density at radius 2 is 1.93 bits per heavy atom. The van der Waals surface area contributed by atoms with E-state index in [0.717, 1.165) is 47.7 Å². The number of aryl methyl sites for hydroxylation is 1. The first-order valence-electron chi connectivity index (χ1n) is 10.2. The normalized spacial score (nSPS) is 22.1. The number of likely N-dealkylation sites (tertiary alicyclic amines) is 1. The van der Waals surface area contributed by atoms with Gasteiger partial charge in [-0.3, -0.25) is 9.79 Å². The van der Waals surface area contributed by atoms with Gasteiger partial charge in [-0.05, 0) is 43.5 Å². The fraction of sp³-hybridized carbons (Fsp3) is 0.391. The van der Waals surface area contributed by atoms with Gasteiger partial charge in [0.25, 0.3) is 5.91 Å². The van der Waals surface area contributed by atoms with Crippen molar-refractivity contribution in [2.24, 2.45) is 4.99 Å². The summed E-state index contributed by atoms with van der Waals surface area (Å²) in [6.45, 7) is 4.46. The molecule has 6 heteroatoms. The molecule has 2 heterocycles. The topological polar surface area (TPSA) is 66.0 Å². The summed E-state index contributed by atoms with van der Waals surface area (Å²) in [5.74, 6) is 0.967. The SMILES string of the molecule is COCCN=C1Nc2ccccc2N[C@@]12CCCN(C(=O)c1ccccc1C)C2. The summed E-state index contributed by atoms with van der Waals surface area (Å²) < 4.78 is 5.19. The molecule has 6 nitrogen and oxygen atoms in total. The lowest BCUT2D eigenvalue weighted by molar-refractivity contribution is 0.0693. The molecule has 0 aliphatic carbocycles. The van der Waals surface area contributed by atoms with Crippen LogP contribution in [0.5, 0.6) is 0 Å². The molecule has 2 aromatic carbocycles. The molecule has 0 unspecified atom stereocenters. The van der Waals surface area contributed by atoms with E-state index in [1.807, 2.05) is 54.3 Å². The van der Waals surface area contributed by atoms with E-state index in [4.69, 9.17) is 9.73 Å². The zero-order valence-corrected chi connectivity index (χ0v) is 17.1. The van der Waals surface area contributed by atoms with Crippen molar-refractivity contribution in [3.05, 3.63) is 59.7 Å². The number of amidine groups is 1. The van der Waals surface area contributed by atoms with E-state index in [1.165, 1.54) is 0 Å². The van der Waals surface area contributed by atoms with Gasteiger partial charge in [0.15, 0.2) is 0 Å². The molecule has 1 amide bonds. The number of rotatable bonds is 4. The second kappa shape index (κ2) is 8.25. The Labute approximate surface area is 172 Å². The number of benzene rings is 2.